The molecule has 0 aromatic carbocycles. The zero-order valence-electron chi connectivity index (χ0n) is 22.5. The summed E-state index contributed by atoms with van der Waals surface area (Å²) in [6.45, 7) is 5.61. The Morgan fingerprint density at radius 3 is 1.37 bits per heavy atom. The van der Waals surface area contributed by atoms with Gasteiger partial charge in [0.25, 0.3) is 0 Å². The van der Waals surface area contributed by atoms with Gasteiger partial charge >= 0.3 is 43.2 Å². The van der Waals surface area contributed by atoms with Crippen molar-refractivity contribution < 1.29 is 71.0 Å². The van der Waals surface area contributed by atoms with Gasteiger partial charge in [-0.25, -0.2) is 8.98 Å². The molecule has 0 radical (unpaired) electrons. The number of carbonyl (C=O) groups is 2. The van der Waals surface area contributed by atoms with Crippen molar-refractivity contribution >= 4 is 78.6 Å². The molecule has 24 heteroatoms. The number of rotatable bonds is 13. The first kappa shape index (κ1) is 52.0. The number of hydrogen-bond acceptors (Lipinski definition) is 11. The Morgan fingerprint density at radius 2 is 1.14 bits per heavy atom. The number of nitrogens with one attached hydrogen (secondary N) is 1. The van der Waals surface area contributed by atoms with Crippen LogP contribution in [-0.4, -0.2) is 125 Å². The topological polar surface area (TPSA) is 166 Å². The molecule has 0 spiro atoms. The summed E-state index contributed by atoms with van der Waals surface area (Å²) < 4.78 is 125. The fraction of sp³-hybridized carbons (Fsp3) is 0.895. The minimum absolute atomic E-state index is 0. The van der Waals surface area contributed by atoms with E-state index in [9.17, 15) is 44.3 Å². The summed E-state index contributed by atoms with van der Waals surface area (Å²) in [6, 6.07) is -0.275. The van der Waals surface area contributed by atoms with Gasteiger partial charge in [0, 0.05) is 49.7 Å². The van der Waals surface area contributed by atoms with Crippen LogP contribution in [0.2, 0.25) is 0 Å². The molecule has 0 saturated heterocycles. The number of carbonyl (C=O) groups excluding carboxylic acids is 2. The molecule has 0 aliphatic carbocycles. The van der Waals surface area contributed by atoms with Gasteiger partial charge in [-0.2, -0.15) is 43.2 Å². The Hall–Kier alpha value is -0.580. The molecule has 2 atom stereocenters. The molecule has 43 heavy (non-hydrogen) atoms. The lowest BCUT2D eigenvalue weighted by atomic mass is 10.3. The molecule has 0 fully saturated rings. The molecule has 264 valence electrons. The van der Waals surface area contributed by atoms with Crippen molar-refractivity contribution in [3.8, 4) is 0 Å². The van der Waals surface area contributed by atoms with E-state index in [2.05, 4.69) is 19.0 Å². The van der Waals surface area contributed by atoms with Crippen LogP contribution in [-0.2, 0) is 43.5 Å². The molecule has 0 heterocycles. The summed E-state index contributed by atoms with van der Waals surface area (Å²) in [5.74, 6) is 0.831. The fourth-order valence-electron chi connectivity index (χ4n) is 1.74. The minimum atomic E-state index is -5.84. The third kappa shape index (κ3) is 27.5. The summed E-state index contributed by atoms with van der Waals surface area (Å²) in [6.07, 6.45) is -1.83. The Balaban J connectivity index is -0.000000154. The quantitative estimate of drug-likeness (QED) is 0.0530. The van der Waals surface area contributed by atoms with Crippen molar-refractivity contribution in [2.45, 2.75) is 44.4 Å². The molecule has 0 saturated carbocycles. The van der Waals surface area contributed by atoms with Gasteiger partial charge in [-0.15, -0.1) is 46.4 Å². The van der Waals surface area contributed by atoms with Gasteiger partial charge in [-0.1, -0.05) is 7.43 Å². The van der Waals surface area contributed by atoms with Crippen LogP contribution in [0.4, 0.5) is 26.3 Å². The molecule has 0 bridgehead atoms. The zero-order valence-corrected chi connectivity index (χ0v) is 27.1. The zero-order chi connectivity index (χ0) is 34.4. The van der Waals surface area contributed by atoms with Crippen molar-refractivity contribution in [1.82, 2.24) is 10.2 Å². The normalized spacial score (nSPS) is 12.9. The van der Waals surface area contributed by atoms with E-state index in [1.165, 1.54) is 7.11 Å². The average Bonchev–Trinajstić information content (AvgIpc) is 2.86. The highest BCUT2D eigenvalue weighted by Gasteiger charge is 2.49. The molecule has 2 N–H and O–H groups in total. The number of hydrogen-bond donors (Lipinski definition) is 2. The summed E-state index contributed by atoms with van der Waals surface area (Å²) >= 11 is 21.8. The number of esters is 2. The maximum atomic E-state index is 11.7. The average molecular weight is 772 g/mol. The van der Waals surface area contributed by atoms with E-state index in [0.717, 1.165) is 27.1 Å². The van der Waals surface area contributed by atoms with Crippen LogP contribution < -0.4 is 5.32 Å². The summed E-state index contributed by atoms with van der Waals surface area (Å²) in [5, 5.41) is 3.02. The lowest BCUT2D eigenvalue weighted by Gasteiger charge is -2.25. The summed E-state index contributed by atoms with van der Waals surface area (Å²) in [7, 11) is -9.33. The van der Waals surface area contributed by atoms with E-state index in [1.807, 2.05) is 4.90 Å². The van der Waals surface area contributed by atoms with Crippen molar-refractivity contribution in [3.63, 3.8) is 0 Å². The number of halogens is 10. The van der Waals surface area contributed by atoms with Crippen molar-refractivity contribution in [2.75, 3.05) is 63.9 Å². The second-order valence-electron chi connectivity index (χ2n) is 6.82. The predicted molar refractivity (Wildman–Crippen MR) is 151 cm³/mol. The van der Waals surface area contributed by atoms with Crippen molar-refractivity contribution in [1.29, 1.82) is 0 Å². The molecular formula is C19H36Cl4F6N2O10S2. The number of nitrogens with zero attached hydrogens (tertiary/aromatic N) is 1. The smallest absolute Gasteiger partial charge is 0.468 e. The highest BCUT2D eigenvalue weighted by atomic mass is 35.5. The lowest BCUT2D eigenvalue weighted by Crippen LogP contribution is -2.41. The molecule has 0 aliphatic heterocycles. The van der Waals surface area contributed by atoms with Crippen molar-refractivity contribution in [3.05, 3.63) is 0 Å². The number of methoxy groups -OCH3 is 2. The molecule has 0 amide bonds. The van der Waals surface area contributed by atoms with Crippen LogP contribution in [0, 0.1) is 0 Å². The maximum Gasteiger partial charge on any atom is 0.523 e. The second kappa shape index (κ2) is 26.6. The van der Waals surface area contributed by atoms with Gasteiger partial charge in [-0.05, 0) is 13.8 Å². The first-order chi connectivity index (χ1) is 18.9. The molecule has 0 aliphatic rings. The first-order valence-corrected chi connectivity index (χ1v) is 15.8. The highest BCUT2D eigenvalue weighted by Crippen LogP contribution is 2.25. The third-order valence-electron chi connectivity index (χ3n) is 3.76. The number of alkyl halides is 10. The fourth-order valence-corrected chi connectivity index (χ4v) is 3.01. The van der Waals surface area contributed by atoms with E-state index in [4.69, 9.17) is 59.4 Å². The van der Waals surface area contributed by atoms with Gasteiger partial charge in [0.1, 0.15) is 6.04 Å². The molecule has 0 aromatic heterocycles. The highest BCUT2D eigenvalue weighted by molar-refractivity contribution is 7.87. The van der Waals surface area contributed by atoms with E-state index < -0.39 is 43.3 Å². The first-order valence-electron chi connectivity index (χ1n) is 10.8. The summed E-state index contributed by atoms with van der Waals surface area (Å²) in [5.41, 5.74) is -11.1. The van der Waals surface area contributed by atoms with Gasteiger partial charge < -0.3 is 14.8 Å². The lowest BCUT2D eigenvalue weighted by molar-refractivity contribution is -0.148. The molecule has 12 nitrogen and oxygen atoms in total. The van der Waals surface area contributed by atoms with Crippen LogP contribution >= 0.6 is 46.4 Å². The second-order valence-corrected chi connectivity index (χ2v) is 11.3. The Kier molecular flexibility index (Phi) is 32.2. The third-order valence-corrected chi connectivity index (χ3v) is 6.17. The van der Waals surface area contributed by atoms with Gasteiger partial charge in [0.05, 0.1) is 14.2 Å². The van der Waals surface area contributed by atoms with Gasteiger partial charge in [-0.3, -0.25) is 14.2 Å². The molecule has 0 unspecified atom stereocenters. The minimum Gasteiger partial charge on any atom is -0.468 e. The van der Waals surface area contributed by atoms with Crippen LogP contribution in [0.1, 0.15) is 21.3 Å². The van der Waals surface area contributed by atoms with E-state index >= 15 is 0 Å². The van der Waals surface area contributed by atoms with Crippen molar-refractivity contribution in [2.24, 2.45) is 0 Å². The standard InChI is InChI=1S/C8H15Cl2NO2.C5H7F3O5S.C4H9Cl2N.CHF3O3S.CH4/c1-7(8(12)13-2)11(5-3-9)6-4-10;1-3(4(9)12-2)13-14(10,11)5(6,7)8;5-1-3-7-4-2-6;2-1(3,4)8(5,6)7;/h7H,3-6H2,1-2H3;3H,1-2H3;7H,1-4H2;(H,5,6,7);1H4/t7-;3-;;;/m01.../s1. The van der Waals surface area contributed by atoms with Crippen LogP contribution in [0.3, 0.4) is 0 Å². The monoisotopic (exact) mass is 770 g/mol. The molecule has 0 aromatic rings. The maximum absolute atomic E-state index is 11.7. The van der Waals surface area contributed by atoms with Crippen LogP contribution in [0.5, 0.6) is 0 Å². The largest absolute Gasteiger partial charge is 0.523 e. The van der Waals surface area contributed by atoms with Crippen LogP contribution in [0.15, 0.2) is 0 Å². The Labute approximate surface area is 267 Å². The SMILES string of the molecule is C.COC(=O)[C@@H](C)OS(=O)(=O)C(F)(F)F.COC(=O)[C@H](C)N(CCCl)CCCl.ClCCNCCCl.O=S(=O)(O)C(F)(F)F. The predicted octanol–water partition coefficient (Wildman–Crippen LogP) is 3.83. The molecule has 0 rings (SSSR count). The van der Waals surface area contributed by atoms with E-state index in [-0.39, 0.29) is 19.4 Å². The van der Waals surface area contributed by atoms with Gasteiger partial charge in [0.2, 0.25) is 0 Å². The Morgan fingerprint density at radius 1 is 0.791 bits per heavy atom. The summed E-state index contributed by atoms with van der Waals surface area (Å²) in [4.78, 5) is 23.6. The van der Waals surface area contributed by atoms with E-state index in [0.29, 0.717) is 36.6 Å². The van der Waals surface area contributed by atoms with E-state index in [1.54, 1.807) is 6.92 Å². The Bertz CT molecular complexity index is 937. The molecular weight excluding hydrogens is 736 g/mol. The van der Waals surface area contributed by atoms with Gasteiger partial charge in [0.15, 0.2) is 6.10 Å². The number of ether oxygens (including phenoxy) is 2. The van der Waals surface area contributed by atoms with Crippen LogP contribution in [0.25, 0.3) is 0 Å².